The van der Waals surface area contributed by atoms with Gasteiger partial charge in [-0.15, -0.1) is 11.8 Å². The number of aryl methyl sites for hydroxylation is 1. The first kappa shape index (κ1) is 30.9. The van der Waals surface area contributed by atoms with Gasteiger partial charge in [-0.25, -0.2) is 9.97 Å². The summed E-state index contributed by atoms with van der Waals surface area (Å²) in [6.07, 6.45) is 7.36. The van der Waals surface area contributed by atoms with Crippen molar-refractivity contribution in [2.75, 3.05) is 44.4 Å². The van der Waals surface area contributed by atoms with Crippen LogP contribution in [0.15, 0.2) is 34.2 Å². The van der Waals surface area contributed by atoms with Gasteiger partial charge in [0.05, 0.1) is 0 Å². The molecule has 2 N–H and O–H groups in total. The van der Waals surface area contributed by atoms with Crippen molar-refractivity contribution in [2.45, 2.75) is 64.7 Å². The molecule has 11 heteroatoms. The molecule has 0 spiro atoms. The molecule has 1 atom stereocenters. The molecule has 1 saturated heterocycles. The van der Waals surface area contributed by atoms with Crippen LogP contribution in [-0.2, 0) is 6.54 Å². The summed E-state index contributed by atoms with van der Waals surface area (Å²) in [5.41, 5.74) is 3.68. The second-order valence-corrected chi connectivity index (χ2v) is 12.3. The Bertz CT molecular complexity index is 1550. The largest absolute Gasteiger partial charge is 0.448 e. The lowest BCUT2D eigenvalue weighted by molar-refractivity contribution is -0.124. The second-order valence-electron chi connectivity index (χ2n) is 11.5. The lowest BCUT2D eigenvalue weighted by atomic mass is 9.89. The summed E-state index contributed by atoms with van der Waals surface area (Å²) < 4.78 is 13.4. The topological polar surface area (TPSA) is 113 Å². The number of hydrogen-bond donors (Lipinski definition) is 2. The van der Waals surface area contributed by atoms with Crippen LogP contribution in [-0.4, -0.2) is 71.0 Å². The van der Waals surface area contributed by atoms with Gasteiger partial charge in [0.1, 0.15) is 0 Å². The number of pyridine rings is 1. The van der Waals surface area contributed by atoms with Crippen molar-refractivity contribution >= 4 is 23.6 Å². The van der Waals surface area contributed by atoms with Crippen LogP contribution in [0.25, 0.3) is 11.1 Å². The normalized spacial score (nSPS) is 18.6. The summed E-state index contributed by atoms with van der Waals surface area (Å²) in [7, 11) is 1.94. The fourth-order valence-corrected chi connectivity index (χ4v) is 6.58. The number of likely N-dealkylation sites (tertiary alicyclic amines) is 1. The van der Waals surface area contributed by atoms with E-state index in [4.69, 9.17) is 9.47 Å². The zero-order valence-electron chi connectivity index (χ0n) is 26.2. The Morgan fingerprint density at radius 3 is 2.47 bits per heavy atom. The second kappa shape index (κ2) is 12.6. The van der Waals surface area contributed by atoms with Crippen molar-refractivity contribution < 1.29 is 14.3 Å². The molecule has 2 aliphatic heterocycles. The molecule has 0 bridgehead atoms. The number of nitrogens with one attached hydrogen (secondary N) is 2. The van der Waals surface area contributed by atoms with Gasteiger partial charge >= 0.3 is 0 Å². The van der Waals surface area contributed by atoms with Gasteiger partial charge in [0.15, 0.2) is 11.5 Å². The average Bonchev–Trinajstić information content (AvgIpc) is 3.39. The summed E-state index contributed by atoms with van der Waals surface area (Å²) in [5.74, 6) is 0.825. The highest BCUT2D eigenvalue weighted by molar-refractivity contribution is 7.98. The average molecular weight is 607 g/mol. The number of aromatic amines is 1. The fourth-order valence-electron chi connectivity index (χ4n) is 5.87. The van der Waals surface area contributed by atoms with Crippen molar-refractivity contribution in [2.24, 2.45) is 5.92 Å². The Labute approximate surface area is 257 Å². The molecule has 1 fully saturated rings. The Kier molecular flexibility index (Phi) is 9.03. The minimum Gasteiger partial charge on any atom is -0.448 e. The summed E-state index contributed by atoms with van der Waals surface area (Å²) in [4.78, 5) is 43.7. The van der Waals surface area contributed by atoms with Crippen LogP contribution in [0.3, 0.4) is 0 Å². The highest BCUT2D eigenvalue weighted by Crippen LogP contribution is 2.52. The van der Waals surface area contributed by atoms with Crippen LogP contribution in [0.4, 0.5) is 5.95 Å². The lowest BCUT2D eigenvalue weighted by Crippen LogP contribution is -2.48. The van der Waals surface area contributed by atoms with Crippen LogP contribution in [0.1, 0.15) is 60.8 Å². The first-order valence-electron chi connectivity index (χ1n) is 14.9. The number of carbonyl (C=O) groups is 1. The molecule has 4 heterocycles. The maximum absolute atomic E-state index is 13.7. The maximum Gasteiger partial charge on any atom is 0.254 e. The van der Waals surface area contributed by atoms with E-state index in [-0.39, 0.29) is 23.9 Å². The molecule has 43 heavy (non-hydrogen) atoms. The molecule has 10 nitrogen and oxygen atoms in total. The summed E-state index contributed by atoms with van der Waals surface area (Å²) in [6, 6.07) is 3.75. The van der Waals surface area contributed by atoms with Gasteiger partial charge in [0.2, 0.25) is 5.95 Å². The summed E-state index contributed by atoms with van der Waals surface area (Å²) in [6.45, 7) is 13.9. The number of anilines is 1. The number of fused-ring (bicyclic) bond motifs is 1. The number of ether oxygens (including phenoxy) is 2. The number of nitrogens with zero attached hydrogens (tertiary/aromatic N) is 4. The van der Waals surface area contributed by atoms with Gasteiger partial charge in [-0.1, -0.05) is 6.92 Å². The molecule has 0 saturated carbocycles. The van der Waals surface area contributed by atoms with E-state index >= 15 is 0 Å². The zero-order chi connectivity index (χ0) is 30.9. The van der Waals surface area contributed by atoms with E-state index in [2.05, 4.69) is 32.1 Å². The fraction of sp³-hybridized carbons (Fsp3) is 0.500. The predicted molar refractivity (Wildman–Crippen MR) is 170 cm³/mol. The standard InChI is InChI=1S/C32H42N6O4S/c1-8-37(6)31-34-16-21(17-35-31)24-15-23(29(39)33-18-25-26(43-7)14-19(3)36-30(25)40)20(4)27-28(24)42-32(5,41-27)22-10-12-38(9-2)13-11-22/h14-17,22H,8-13,18H2,1-7H3,(H,33,39)(H,36,40). The SMILES string of the molecule is CCN1CCC(C2(C)Oc3c(-c4cnc(N(C)CC)nc4)cc(C(=O)NCc4c(SC)cc(C)[nH]c4=O)c(C)c3O2)CC1. The van der Waals surface area contributed by atoms with E-state index in [1.165, 1.54) is 11.8 Å². The molecule has 0 aliphatic carbocycles. The van der Waals surface area contributed by atoms with Gasteiger partial charge in [-0.3, -0.25) is 9.59 Å². The van der Waals surface area contributed by atoms with Crippen molar-refractivity contribution in [3.05, 3.63) is 57.3 Å². The number of benzene rings is 1. The molecular weight excluding hydrogens is 564 g/mol. The van der Waals surface area contributed by atoms with Crippen molar-refractivity contribution in [1.29, 1.82) is 0 Å². The number of aromatic nitrogens is 3. The van der Waals surface area contributed by atoms with Crippen molar-refractivity contribution in [3.8, 4) is 22.6 Å². The van der Waals surface area contributed by atoms with E-state index in [1.807, 2.05) is 58.0 Å². The predicted octanol–water partition coefficient (Wildman–Crippen LogP) is 4.78. The highest BCUT2D eigenvalue weighted by Gasteiger charge is 2.47. The molecule has 230 valence electrons. The molecular formula is C32H42N6O4S. The molecule has 1 unspecified atom stereocenters. The number of H-pyrrole nitrogens is 1. The van der Waals surface area contributed by atoms with Crippen LogP contribution in [0.2, 0.25) is 0 Å². The smallest absolute Gasteiger partial charge is 0.254 e. The van der Waals surface area contributed by atoms with Crippen LogP contribution >= 0.6 is 11.8 Å². The molecule has 2 aliphatic rings. The molecule has 3 aromatic rings. The third-order valence-corrected chi connectivity index (χ3v) is 9.56. The minimum atomic E-state index is -0.859. The van der Waals surface area contributed by atoms with Gasteiger partial charge in [0, 0.05) is 83.8 Å². The zero-order valence-corrected chi connectivity index (χ0v) is 27.0. The number of piperidine rings is 1. The van der Waals surface area contributed by atoms with Crippen molar-refractivity contribution in [3.63, 3.8) is 0 Å². The number of rotatable bonds is 9. The van der Waals surface area contributed by atoms with Crippen molar-refractivity contribution in [1.82, 2.24) is 25.2 Å². The summed E-state index contributed by atoms with van der Waals surface area (Å²) >= 11 is 1.48. The van der Waals surface area contributed by atoms with E-state index in [0.717, 1.165) is 55.2 Å². The van der Waals surface area contributed by atoms with Gasteiger partial charge in [-0.05, 0) is 71.6 Å². The third-order valence-electron chi connectivity index (χ3n) is 8.75. The lowest BCUT2D eigenvalue weighted by Gasteiger charge is -2.38. The monoisotopic (exact) mass is 606 g/mol. The number of thioether (sulfide) groups is 1. The van der Waals surface area contributed by atoms with E-state index in [9.17, 15) is 9.59 Å². The summed E-state index contributed by atoms with van der Waals surface area (Å²) in [5, 5.41) is 2.98. The van der Waals surface area contributed by atoms with Crippen LogP contribution < -0.4 is 25.2 Å². The van der Waals surface area contributed by atoms with Gasteiger partial charge in [-0.2, -0.15) is 0 Å². The number of hydrogen-bond acceptors (Lipinski definition) is 9. The maximum atomic E-state index is 13.7. The van der Waals surface area contributed by atoms with Crippen LogP contribution in [0.5, 0.6) is 11.5 Å². The Morgan fingerprint density at radius 2 is 1.84 bits per heavy atom. The minimum absolute atomic E-state index is 0.0999. The quantitative estimate of drug-likeness (QED) is 0.333. The highest BCUT2D eigenvalue weighted by atomic mass is 32.2. The van der Waals surface area contributed by atoms with Crippen LogP contribution in [0, 0.1) is 19.8 Å². The Balaban J connectivity index is 1.51. The Morgan fingerprint density at radius 1 is 1.16 bits per heavy atom. The molecule has 1 aromatic carbocycles. The van der Waals surface area contributed by atoms with E-state index in [1.54, 1.807) is 12.4 Å². The molecule has 5 rings (SSSR count). The number of amides is 1. The first-order valence-corrected chi connectivity index (χ1v) is 16.2. The van der Waals surface area contributed by atoms with Gasteiger partial charge < -0.3 is 29.6 Å². The van der Waals surface area contributed by atoms with E-state index < -0.39 is 5.79 Å². The molecule has 1 amide bonds. The number of carbonyl (C=O) groups excluding carboxylic acids is 1. The molecule has 0 radical (unpaired) electrons. The Hall–Kier alpha value is -3.57. The first-order chi connectivity index (χ1) is 20.6. The third kappa shape index (κ3) is 6.10. The van der Waals surface area contributed by atoms with E-state index in [0.29, 0.717) is 39.7 Å². The molecule has 2 aromatic heterocycles. The van der Waals surface area contributed by atoms with Gasteiger partial charge in [0.25, 0.3) is 17.3 Å².